The van der Waals surface area contributed by atoms with E-state index in [1.54, 1.807) is 0 Å². The Morgan fingerprint density at radius 3 is 2.33 bits per heavy atom. The van der Waals surface area contributed by atoms with Crippen molar-refractivity contribution in [3.63, 3.8) is 0 Å². The van der Waals surface area contributed by atoms with E-state index in [0.29, 0.717) is 0 Å². The highest BCUT2D eigenvalue weighted by atomic mass is 35.6. The number of rotatable bonds is 4. The Bertz CT molecular complexity index is 69.9. The van der Waals surface area contributed by atoms with Gasteiger partial charge in [0.05, 0.1) is 0 Å². The Hall–Kier alpha value is 0.467. The first-order valence-electron chi connectivity index (χ1n) is 3.50. The van der Waals surface area contributed by atoms with Crippen molar-refractivity contribution in [1.29, 1.82) is 0 Å². The summed E-state index contributed by atoms with van der Waals surface area (Å²) in [7, 11) is -1.47. The highest BCUT2D eigenvalue weighted by Crippen LogP contribution is 2.01. The van der Waals surface area contributed by atoms with E-state index in [9.17, 15) is 0 Å². The van der Waals surface area contributed by atoms with Crippen molar-refractivity contribution in [3.05, 3.63) is 0 Å². The zero-order valence-corrected chi connectivity index (χ0v) is 8.26. The molecule has 0 aromatic rings. The predicted octanol–water partition coefficient (Wildman–Crippen LogP) is 2.32. The van der Waals surface area contributed by atoms with Crippen LogP contribution in [-0.2, 0) is 0 Å². The molecule has 0 atom stereocenters. The summed E-state index contributed by atoms with van der Waals surface area (Å²) in [6.07, 6.45) is 2.48. The fourth-order valence-corrected chi connectivity index (χ4v) is 1.62. The van der Waals surface area contributed by atoms with Gasteiger partial charge < -0.3 is 4.98 Å². The van der Waals surface area contributed by atoms with Gasteiger partial charge in [0.2, 0.25) is 7.55 Å². The summed E-state index contributed by atoms with van der Waals surface area (Å²) in [5.74, 6) is 0. The number of hydrogen-bond acceptors (Lipinski definition) is 1. The number of unbranched alkanes of at least 4 members (excludes halogenated alkanes) is 1. The van der Waals surface area contributed by atoms with Crippen LogP contribution in [0.4, 0.5) is 0 Å². The second-order valence-corrected chi connectivity index (χ2v) is 8.89. The van der Waals surface area contributed by atoms with Gasteiger partial charge in [-0.3, -0.25) is 0 Å². The van der Waals surface area contributed by atoms with Crippen molar-refractivity contribution in [2.24, 2.45) is 0 Å². The number of nitrogens with one attached hydrogen (secondary N) is 1. The molecule has 0 aromatic heterocycles. The molecule has 0 saturated heterocycles. The molecule has 0 bridgehead atoms. The van der Waals surface area contributed by atoms with Crippen molar-refractivity contribution in [3.8, 4) is 0 Å². The lowest BCUT2D eigenvalue weighted by Gasteiger charge is -2.13. The molecule has 0 aliphatic heterocycles. The van der Waals surface area contributed by atoms with Crippen molar-refractivity contribution < 1.29 is 0 Å². The summed E-state index contributed by atoms with van der Waals surface area (Å²) >= 11 is 6.00. The van der Waals surface area contributed by atoms with Crippen LogP contribution >= 0.6 is 11.1 Å². The van der Waals surface area contributed by atoms with Gasteiger partial charge in [-0.1, -0.05) is 13.3 Å². The van der Waals surface area contributed by atoms with Crippen LogP contribution < -0.4 is 4.98 Å². The second-order valence-electron chi connectivity index (χ2n) is 2.75. The lowest BCUT2D eigenvalue weighted by atomic mass is 10.3. The molecule has 0 unspecified atom stereocenters. The standard InChI is InChI=1S/C6H16ClNSi/c1-4-5-6-8-9(2,3)7/h8H,4-6H2,1-3H3. The van der Waals surface area contributed by atoms with Crippen LogP contribution in [0.2, 0.25) is 13.1 Å². The lowest BCUT2D eigenvalue weighted by Crippen LogP contribution is -2.39. The van der Waals surface area contributed by atoms with Crippen LogP contribution in [0.25, 0.3) is 0 Å². The molecule has 9 heavy (non-hydrogen) atoms. The molecule has 0 amide bonds. The van der Waals surface area contributed by atoms with Crippen molar-refractivity contribution in [2.75, 3.05) is 6.54 Å². The summed E-state index contributed by atoms with van der Waals surface area (Å²) in [5, 5.41) is 0. The third-order valence-electron chi connectivity index (χ3n) is 1.08. The number of hydrogen-bond donors (Lipinski definition) is 1. The van der Waals surface area contributed by atoms with Gasteiger partial charge in [0.15, 0.2) is 0 Å². The largest absolute Gasteiger partial charge is 0.326 e. The van der Waals surface area contributed by atoms with Crippen molar-refractivity contribution >= 4 is 18.6 Å². The molecule has 1 nitrogen and oxygen atoms in total. The van der Waals surface area contributed by atoms with E-state index in [0.717, 1.165) is 6.54 Å². The topological polar surface area (TPSA) is 12.0 Å². The summed E-state index contributed by atoms with van der Waals surface area (Å²) in [6, 6.07) is 0. The molecule has 0 aromatic carbocycles. The van der Waals surface area contributed by atoms with Crippen LogP contribution in [0.1, 0.15) is 19.8 Å². The van der Waals surface area contributed by atoms with Gasteiger partial charge >= 0.3 is 0 Å². The quantitative estimate of drug-likeness (QED) is 0.383. The number of halogens is 1. The van der Waals surface area contributed by atoms with Gasteiger partial charge in [-0.25, -0.2) is 0 Å². The van der Waals surface area contributed by atoms with E-state index < -0.39 is 7.55 Å². The normalized spacial score (nSPS) is 12.0. The third-order valence-corrected chi connectivity index (χ3v) is 2.57. The van der Waals surface area contributed by atoms with E-state index in [1.165, 1.54) is 12.8 Å². The molecule has 0 saturated carbocycles. The highest BCUT2D eigenvalue weighted by Gasteiger charge is 2.14. The first-order chi connectivity index (χ1) is 4.06. The maximum Gasteiger partial charge on any atom is 0.220 e. The van der Waals surface area contributed by atoms with Crippen LogP contribution in [0.3, 0.4) is 0 Å². The van der Waals surface area contributed by atoms with Gasteiger partial charge in [0, 0.05) is 0 Å². The van der Waals surface area contributed by atoms with Gasteiger partial charge in [-0.2, -0.15) is 0 Å². The van der Waals surface area contributed by atoms with E-state index >= 15 is 0 Å². The first kappa shape index (κ1) is 9.47. The van der Waals surface area contributed by atoms with Gasteiger partial charge in [0.1, 0.15) is 0 Å². The molecule has 0 aliphatic rings. The average Bonchev–Trinajstić information content (AvgIpc) is 1.63. The van der Waals surface area contributed by atoms with Crippen LogP contribution in [0, 0.1) is 0 Å². The minimum Gasteiger partial charge on any atom is -0.326 e. The van der Waals surface area contributed by atoms with Crippen molar-refractivity contribution in [2.45, 2.75) is 32.9 Å². The maximum atomic E-state index is 6.00. The van der Waals surface area contributed by atoms with E-state index in [4.69, 9.17) is 11.1 Å². The molecule has 0 fully saturated rings. The predicted molar refractivity (Wildman–Crippen MR) is 46.2 cm³/mol. The minimum absolute atomic E-state index is 1.08. The molecular weight excluding hydrogens is 150 g/mol. The highest BCUT2D eigenvalue weighted by molar-refractivity contribution is 7.17. The molecule has 1 N–H and O–H groups in total. The minimum atomic E-state index is -1.47. The SMILES string of the molecule is CCCCN[Si](C)(C)Cl. The zero-order chi connectivity index (χ0) is 7.33. The van der Waals surface area contributed by atoms with Gasteiger partial charge in [-0.05, 0) is 26.1 Å². The average molecular weight is 166 g/mol. The molecular formula is C6H16ClNSi. The summed E-state index contributed by atoms with van der Waals surface area (Å²) in [6.45, 7) is 7.47. The molecule has 56 valence electrons. The van der Waals surface area contributed by atoms with Crippen LogP contribution in [0.15, 0.2) is 0 Å². The first-order valence-corrected chi connectivity index (χ1v) is 7.51. The van der Waals surface area contributed by atoms with E-state index in [-0.39, 0.29) is 0 Å². The second kappa shape index (κ2) is 4.31. The fourth-order valence-electron chi connectivity index (χ4n) is 0.562. The van der Waals surface area contributed by atoms with E-state index in [2.05, 4.69) is 25.0 Å². The monoisotopic (exact) mass is 165 g/mol. The molecule has 0 rings (SSSR count). The Balaban J connectivity index is 3.07. The third kappa shape index (κ3) is 8.47. The zero-order valence-electron chi connectivity index (χ0n) is 6.50. The Labute approximate surface area is 63.6 Å². The van der Waals surface area contributed by atoms with Crippen LogP contribution in [0.5, 0.6) is 0 Å². The molecule has 0 spiro atoms. The van der Waals surface area contributed by atoms with Crippen molar-refractivity contribution in [1.82, 2.24) is 4.98 Å². The van der Waals surface area contributed by atoms with Gasteiger partial charge in [0.25, 0.3) is 0 Å². The Morgan fingerprint density at radius 1 is 1.44 bits per heavy atom. The lowest BCUT2D eigenvalue weighted by molar-refractivity contribution is 0.760. The molecule has 0 heterocycles. The maximum absolute atomic E-state index is 6.00. The van der Waals surface area contributed by atoms with Crippen LogP contribution in [-0.4, -0.2) is 14.1 Å². The smallest absolute Gasteiger partial charge is 0.220 e. The van der Waals surface area contributed by atoms with Gasteiger partial charge in [-0.15, -0.1) is 11.1 Å². The fraction of sp³-hybridized carbons (Fsp3) is 1.00. The summed E-state index contributed by atoms with van der Waals surface area (Å²) < 4.78 is 0. The van der Waals surface area contributed by atoms with E-state index in [1.807, 2.05) is 0 Å². The Morgan fingerprint density at radius 2 is 2.00 bits per heavy atom. The molecule has 0 radical (unpaired) electrons. The Kier molecular flexibility index (Phi) is 4.53. The molecule has 0 aliphatic carbocycles. The summed E-state index contributed by atoms with van der Waals surface area (Å²) in [4.78, 5) is 3.33. The molecule has 3 heteroatoms. The summed E-state index contributed by atoms with van der Waals surface area (Å²) in [5.41, 5.74) is 0.